The standard InChI is InChI=1S/C21H28N4O3/c1-14(2)11-18-23-21(28-24-18)16-5-4-10-25(13-16)20(27)12-19(26)22-17-8-6-15(3)7-9-17/h6-9,14,16H,4-5,10-13H2,1-3H3,(H,22,26)/t16-/m1/s1. The first-order chi connectivity index (χ1) is 13.4. The fourth-order valence-corrected chi connectivity index (χ4v) is 3.38. The highest BCUT2D eigenvalue weighted by Gasteiger charge is 2.29. The van der Waals surface area contributed by atoms with E-state index in [4.69, 9.17) is 4.52 Å². The van der Waals surface area contributed by atoms with Gasteiger partial charge in [-0.3, -0.25) is 9.59 Å². The number of rotatable bonds is 6. The summed E-state index contributed by atoms with van der Waals surface area (Å²) in [5.41, 5.74) is 1.81. The van der Waals surface area contributed by atoms with Crippen LogP contribution < -0.4 is 5.32 Å². The van der Waals surface area contributed by atoms with E-state index in [1.54, 1.807) is 4.90 Å². The van der Waals surface area contributed by atoms with E-state index < -0.39 is 0 Å². The van der Waals surface area contributed by atoms with Crippen LogP contribution in [0.1, 0.15) is 56.3 Å². The average Bonchev–Trinajstić information content (AvgIpc) is 3.11. The highest BCUT2D eigenvalue weighted by molar-refractivity contribution is 6.03. The third-order valence-corrected chi connectivity index (χ3v) is 4.85. The molecule has 2 amide bonds. The largest absolute Gasteiger partial charge is 0.341 e. The van der Waals surface area contributed by atoms with Gasteiger partial charge in [-0.05, 0) is 37.8 Å². The molecule has 1 aromatic heterocycles. The van der Waals surface area contributed by atoms with Gasteiger partial charge in [-0.25, -0.2) is 0 Å². The molecule has 28 heavy (non-hydrogen) atoms. The van der Waals surface area contributed by atoms with Crippen molar-refractivity contribution >= 4 is 17.5 Å². The number of nitrogens with zero attached hydrogens (tertiary/aromatic N) is 3. The molecule has 1 aliphatic rings. The van der Waals surface area contributed by atoms with E-state index in [9.17, 15) is 9.59 Å². The number of benzene rings is 1. The zero-order valence-electron chi connectivity index (χ0n) is 16.8. The second-order valence-corrected chi connectivity index (χ2v) is 7.92. The van der Waals surface area contributed by atoms with Crippen molar-refractivity contribution in [3.05, 3.63) is 41.5 Å². The maximum Gasteiger partial charge on any atom is 0.233 e. The van der Waals surface area contributed by atoms with Crippen molar-refractivity contribution in [1.29, 1.82) is 0 Å². The number of amides is 2. The van der Waals surface area contributed by atoms with Gasteiger partial charge >= 0.3 is 0 Å². The Morgan fingerprint density at radius 2 is 2.04 bits per heavy atom. The Labute approximate surface area is 165 Å². The van der Waals surface area contributed by atoms with Crippen LogP contribution in [-0.4, -0.2) is 39.9 Å². The zero-order chi connectivity index (χ0) is 20.1. The molecule has 3 rings (SSSR count). The molecule has 7 heteroatoms. The van der Waals surface area contributed by atoms with Gasteiger partial charge in [0.2, 0.25) is 17.7 Å². The molecule has 0 radical (unpaired) electrons. The number of hydrogen-bond donors (Lipinski definition) is 1. The predicted octanol–water partition coefficient (Wildman–Crippen LogP) is 3.31. The van der Waals surface area contributed by atoms with Crippen molar-refractivity contribution in [3.8, 4) is 0 Å². The molecule has 2 heterocycles. The number of anilines is 1. The van der Waals surface area contributed by atoms with Crippen LogP contribution >= 0.6 is 0 Å². The molecular formula is C21H28N4O3. The minimum atomic E-state index is -0.298. The molecule has 0 bridgehead atoms. The first-order valence-electron chi connectivity index (χ1n) is 9.87. The molecule has 0 spiro atoms. The number of aromatic nitrogens is 2. The zero-order valence-corrected chi connectivity index (χ0v) is 16.8. The van der Waals surface area contributed by atoms with Crippen LogP contribution in [0.15, 0.2) is 28.8 Å². The van der Waals surface area contributed by atoms with Gasteiger partial charge in [0.05, 0.1) is 5.92 Å². The van der Waals surface area contributed by atoms with Crippen LogP contribution in [0.2, 0.25) is 0 Å². The Bertz CT molecular complexity index is 813. The molecular weight excluding hydrogens is 356 g/mol. The van der Waals surface area contributed by atoms with Gasteiger partial charge in [0.15, 0.2) is 5.82 Å². The molecule has 0 aliphatic carbocycles. The molecule has 1 N–H and O–H groups in total. The summed E-state index contributed by atoms with van der Waals surface area (Å²) in [6.07, 6.45) is 2.38. The quantitative estimate of drug-likeness (QED) is 0.772. The highest BCUT2D eigenvalue weighted by Crippen LogP contribution is 2.26. The van der Waals surface area contributed by atoms with E-state index in [2.05, 4.69) is 29.3 Å². The van der Waals surface area contributed by atoms with Crippen molar-refractivity contribution in [3.63, 3.8) is 0 Å². The van der Waals surface area contributed by atoms with Crippen molar-refractivity contribution in [2.24, 2.45) is 5.92 Å². The Morgan fingerprint density at radius 3 is 2.75 bits per heavy atom. The van der Waals surface area contributed by atoms with Crippen molar-refractivity contribution in [2.45, 2.75) is 52.4 Å². The molecule has 1 saturated heterocycles. The third-order valence-electron chi connectivity index (χ3n) is 4.85. The van der Waals surface area contributed by atoms with E-state index >= 15 is 0 Å². The van der Waals surface area contributed by atoms with Crippen molar-refractivity contribution < 1.29 is 14.1 Å². The molecule has 1 aliphatic heterocycles. The van der Waals surface area contributed by atoms with Crippen LogP contribution in [0.4, 0.5) is 5.69 Å². The fraction of sp³-hybridized carbons (Fsp3) is 0.524. The summed E-state index contributed by atoms with van der Waals surface area (Å²) in [7, 11) is 0. The number of piperidine rings is 1. The van der Waals surface area contributed by atoms with Crippen LogP contribution in [0, 0.1) is 12.8 Å². The molecule has 1 aromatic carbocycles. The summed E-state index contributed by atoms with van der Waals surface area (Å²) in [6, 6.07) is 7.51. The molecule has 150 valence electrons. The lowest BCUT2D eigenvalue weighted by Crippen LogP contribution is -2.40. The van der Waals surface area contributed by atoms with E-state index in [1.165, 1.54) is 0 Å². The topological polar surface area (TPSA) is 88.3 Å². The second kappa shape index (κ2) is 8.99. The summed E-state index contributed by atoms with van der Waals surface area (Å²) >= 11 is 0. The van der Waals surface area contributed by atoms with Gasteiger partial charge in [0.25, 0.3) is 0 Å². The van der Waals surface area contributed by atoms with Gasteiger partial charge in [0.1, 0.15) is 6.42 Å². The number of carbonyl (C=O) groups is 2. The Hall–Kier alpha value is -2.70. The summed E-state index contributed by atoms with van der Waals surface area (Å²) < 4.78 is 5.42. The third kappa shape index (κ3) is 5.41. The molecule has 1 fully saturated rings. The van der Waals surface area contributed by atoms with Gasteiger partial charge in [0, 0.05) is 25.2 Å². The van der Waals surface area contributed by atoms with Crippen molar-refractivity contribution in [1.82, 2.24) is 15.0 Å². The maximum absolute atomic E-state index is 12.6. The minimum absolute atomic E-state index is 0.0336. The molecule has 0 saturated carbocycles. The van der Waals surface area contributed by atoms with Crippen molar-refractivity contribution in [2.75, 3.05) is 18.4 Å². The minimum Gasteiger partial charge on any atom is -0.341 e. The summed E-state index contributed by atoms with van der Waals surface area (Å²) in [4.78, 5) is 31.0. The van der Waals surface area contributed by atoms with Gasteiger partial charge < -0.3 is 14.7 Å². The number of aryl methyl sites for hydroxylation is 1. The lowest BCUT2D eigenvalue weighted by molar-refractivity contribution is -0.135. The Balaban J connectivity index is 1.54. The second-order valence-electron chi connectivity index (χ2n) is 7.92. The number of hydrogen-bond acceptors (Lipinski definition) is 5. The monoisotopic (exact) mass is 384 g/mol. The lowest BCUT2D eigenvalue weighted by atomic mass is 9.97. The lowest BCUT2D eigenvalue weighted by Gasteiger charge is -2.31. The SMILES string of the molecule is Cc1ccc(NC(=O)CC(=O)N2CCC[C@@H](c3nc(CC(C)C)no3)C2)cc1. The molecule has 7 nitrogen and oxygen atoms in total. The normalized spacial score (nSPS) is 17.0. The van der Waals surface area contributed by atoms with E-state index in [-0.39, 0.29) is 24.2 Å². The first kappa shape index (κ1) is 20.0. The Morgan fingerprint density at radius 1 is 1.29 bits per heavy atom. The maximum atomic E-state index is 12.6. The average molecular weight is 384 g/mol. The van der Waals surface area contributed by atoms with Crippen LogP contribution in [0.25, 0.3) is 0 Å². The smallest absolute Gasteiger partial charge is 0.233 e. The predicted molar refractivity (Wildman–Crippen MR) is 106 cm³/mol. The summed E-state index contributed by atoms with van der Waals surface area (Å²) in [6.45, 7) is 7.37. The van der Waals surface area contributed by atoms with Crippen LogP contribution in [0.3, 0.4) is 0 Å². The van der Waals surface area contributed by atoms with Crippen LogP contribution in [0.5, 0.6) is 0 Å². The van der Waals surface area contributed by atoms with Gasteiger partial charge in [-0.15, -0.1) is 0 Å². The first-order valence-corrected chi connectivity index (χ1v) is 9.87. The number of likely N-dealkylation sites (tertiary alicyclic amines) is 1. The Kier molecular flexibility index (Phi) is 6.44. The number of nitrogens with one attached hydrogen (secondary N) is 1. The van der Waals surface area contributed by atoms with E-state index in [1.807, 2.05) is 31.2 Å². The highest BCUT2D eigenvalue weighted by atomic mass is 16.5. The van der Waals surface area contributed by atoms with Gasteiger partial charge in [-0.2, -0.15) is 4.98 Å². The van der Waals surface area contributed by atoms with Crippen LogP contribution in [-0.2, 0) is 16.0 Å². The molecule has 0 unspecified atom stereocenters. The molecule has 1 atom stereocenters. The van der Waals surface area contributed by atoms with E-state index in [0.29, 0.717) is 36.4 Å². The number of carbonyl (C=O) groups excluding carboxylic acids is 2. The van der Waals surface area contributed by atoms with Gasteiger partial charge in [-0.1, -0.05) is 36.7 Å². The van der Waals surface area contributed by atoms with E-state index in [0.717, 1.165) is 24.8 Å². The fourth-order valence-electron chi connectivity index (χ4n) is 3.38. The summed E-state index contributed by atoms with van der Waals surface area (Å²) in [5, 5.41) is 6.83. The molecule has 2 aromatic rings. The summed E-state index contributed by atoms with van der Waals surface area (Å²) in [5.74, 6) is 1.33.